The highest BCUT2D eigenvalue weighted by atomic mass is 32.1. The number of aliphatic hydroxyl groups is 1. The molecule has 1 fully saturated rings. The van der Waals surface area contributed by atoms with Crippen molar-refractivity contribution in [1.82, 2.24) is 10.2 Å². The molecule has 1 aromatic heterocycles. The molecule has 2 amide bonds. The molecule has 0 bridgehead atoms. The molecule has 0 saturated carbocycles. The van der Waals surface area contributed by atoms with Gasteiger partial charge in [-0.05, 0) is 18.6 Å². The quantitative estimate of drug-likeness (QED) is 0.870. The number of halogens is 3. The average Bonchev–Trinajstić information content (AvgIpc) is 3.10. The van der Waals surface area contributed by atoms with Gasteiger partial charge in [0.1, 0.15) is 0 Å². The number of aliphatic hydroxyl groups excluding tert-OH is 1. The van der Waals surface area contributed by atoms with E-state index >= 15 is 0 Å². The fourth-order valence-electron chi connectivity index (χ4n) is 2.65. The summed E-state index contributed by atoms with van der Waals surface area (Å²) in [5, 5.41) is 11.9. The summed E-state index contributed by atoms with van der Waals surface area (Å²) in [7, 11) is 0. The van der Waals surface area contributed by atoms with Crippen molar-refractivity contribution in [3.05, 3.63) is 21.9 Å². The molecular weight excluding hydrogens is 333 g/mol. The van der Waals surface area contributed by atoms with Crippen molar-refractivity contribution in [2.24, 2.45) is 5.92 Å². The second kappa shape index (κ2) is 6.88. The number of hydrogen-bond donors (Lipinski definition) is 2. The van der Waals surface area contributed by atoms with Crippen molar-refractivity contribution in [1.29, 1.82) is 0 Å². The Hall–Kier alpha value is -1.61. The van der Waals surface area contributed by atoms with Crippen LogP contribution in [0, 0.1) is 5.92 Å². The second-order valence-electron chi connectivity index (χ2n) is 5.36. The van der Waals surface area contributed by atoms with Gasteiger partial charge in [-0.15, -0.1) is 11.3 Å². The Labute approximate surface area is 135 Å². The molecule has 23 heavy (non-hydrogen) atoms. The Kier molecular flexibility index (Phi) is 5.30. The van der Waals surface area contributed by atoms with E-state index in [1.165, 1.54) is 13.0 Å². The maximum atomic E-state index is 12.9. The Morgan fingerprint density at radius 2 is 2.13 bits per heavy atom. The molecule has 1 aliphatic heterocycles. The van der Waals surface area contributed by atoms with Gasteiger partial charge in [0, 0.05) is 18.3 Å². The molecule has 0 aromatic carbocycles. The van der Waals surface area contributed by atoms with Crippen LogP contribution in [0.2, 0.25) is 0 Å². The number of carbonyl (C=O) groups excluding carboxylic acids is 2. The van der Waals surface area contributed by atoms with E-state index in [9.17, 15) is 27.9 Å². The molecule has 2 N–H and O–H groups in total. The summed E-state index contributed by atoms with van der Waals surface area (Å²) in [6, 6.07) is 1.93. The van der Waals surface area contributed by atoms with E-state index in [4.69, 9.17) is 0 Å². The molecule has 2 rings (SSSR count). The zero-order valence-electron chi connectivity index (χ0n) is 12.4. The maximum absolute atomic E-state index is 12.9. The van der Waals surface area contributed by atoms with Crippen LogP contribution < -0.4 is 5.32 Å². The largest absolute Gasteiger partial charge is 0.394 e. The summed E-state index contributed by atoms with van der Waals surface area (Å²) in [6.07, 6.45) is -4.64. The molecule has 5 nitrogen and oxygen atoms in total. The van der Waals surface area contributed by atoms with Crippen LogP contribution in [0.3, 0.4) is 0 Å². The summed E-state index contributed by atoms with van der Waals surface area (Å²) in [5.74, 6) is -2.43. The Bertz CT molecular complexity index is 588. The van der Waals surface area contributed by atoms with Gasteiger partial charge in [0.05, 0.1) is 30.0 Å². The Balaban J connectivity index is 2.09. The van der Waals surface area contributed by atoms with Crippen LogP contribution in [0.1, 0.15) is 27.9 Å². The van der Waals surface area contributed by atoms with Gasteiger partial charge in [0.15, 0.2) is 0 Å². The summed E-state index contributed by atoms with van der Waals surface area (Å²) in [5.41, 5.74) is 0. The lowest BCUT2D eigenvalue weighted by Gasteiger charge is -2.27. The molecule has 0 spiro atoms. The Morgan fingerprint density at radius 3 is 2.70 bits per heavy atom. The number of nitrogens with zero attached hydrogens (tertiary/aromatic N) is 1. The minimum Gasteiger partial charge on any atom is -0.394 e. The molecule has 1 saturated heterocycles. The highest BCUT2D eigenvalue weighted by Crippen LogP contribution is 2.39. The van der Waals surface area contributed by atoms with Gasteiger partial charge in [-0.25, -0.2) is 0 Å². The van der Waals surface area contributed by atoms with Gasteiger partial charge in [-0.2, -0.15) is 13.2 Å². The number of rotatable bonds is 4. The predicted octanol–water partition coefficient (Wildman–Crippen LogP) is 1.77. The molecule has 2 atom stereocenters. The van der Waals surface area contributed by atoms with Crippen LogP contribution >= 0.6 is 11.3 Å². The molecule has 1 aromatic rings. The van der Waals surface area contributed by atoms with Crippen LogP contribution in [-0.2, 0) is 11.3 Å². The van der Waals surface area contributed by atoms with Crippen LogP contribution in [0.4, 0.5) is 13.2 Å². The summed E-state index contributed by atoms with van der Waals surface area (Å²) >= 11 is 1.12. The summed E-state index contributed by atoms with van der Waals surface area (Å²) < 4.78 is 38.8. The zero-order valence-corrected chi connectivity index (χ0v) is 13.2. The highest BCUT2D eigenvalue weighted by Gasteiger charge is 2.51. The summed E-state index contributed by atoms with van der Waals surface area (Å²) in [4.78, 5) is 25.4. The van der Waals surface area contributed by atoms with Crippen LogP contribution in [0.15, 0.2) is 12.1 Å². The Morgan fingerprint density at radius 1 is 1.43 bits per heavy atom. The number of amides is 2. The van der Waals surface area contributed by atoms with Gasteiger partial charge in [-0.3, -0.25) is 9.59 Å². The van der Waals surface area contributed by atoms with E-state index < -0.39 is 30.7 Å². The third kappa shape index (κ3) is 4.03. The molecule has 0 radical (unpaired) electrons. The molecule has 1 aliphatic rings. The molecule has 0 aliphatic carbocycles. The first-order valence-corrected chi connectivity index (χ1v) is 7.87. The number of nitrogens with one attached hydrogen (secondary N) is 1. The minimum atomic E-state index is -4.44. The topological polar surface area (TPSA) is 69.6 Å². The smallest absolute Gasteiger partial charge is 0.393 e. The van der Waals surface area contributed by atoms with Gasteiger partial charge >= 0.3 is 6.18 Å². The average molecular weight is 350 g/mol. The normalized spacial score (nSPS) is 21.5. The summed E-state index contributed by atoms with van der Waals surface area (Å²) in [6.45, 7) is 0.877. The van der Waals surface area contributed by atoms with Gasteiger partial charge in [-0.1, -0.05) is 0 Å². The van der Waals surface area contributed by atoms with Crippen molar-refractivity contribution in [3.8, 4) is 0 Å². The van der Waals surface area contributed by atoms with Crippen LogP contribution in [0.25, 0.3) is 0 Å². The van der Waals surface area contributed by atoms with Gasteiger partial charge in [0.2, 0.25) is 5.91 Å². The maximum Gasteiger partial charge on any atom is 0.393 e. The van der Waals surface area contributed by atoms with Gasteiger partial charge < -0.3 is 15.3 Å². The molecule has 128 valence electrons. The van der Waals surface area contributed by atoms with E-state index in [1.54, 1.807) is 6.07 Å². The van der Waals surface area contributed by atoms with Crippen molar-refractivity contribution in [3.63, 3.8) is 0 Å². The molecule has 2 unspecified atom stereocenters. The second-order valence-corrected chi connectivity index (χ2v) is 6.53. The number of likely N-dealkylation sites (tertiary alicyclic amines) is 1. The van der Waals surface area contributed by atoms with E-state index in [0.29, 0.717) is 4.88 Å². The first-order valence-electron chi connectivity index (χ1n) is 7.05. The lowest BCUT2D eigenvalue weighted by Crippen LogP contribution is -2.43. The SMILES string of the molecule is CC(=O)NCc1ccc(C(=O)N2CCC(C(F)(F)F)C2CO)s1. The number of carbonyl (C=O) groups is 2. The first-order chi connectivity index (χ1) is 10.7. The van der Waals surface area contributed by atoms with Crippen molar-refractivity contribution in [2.45, 2.75) is 32.1 Å². The fraction of sp³-hybridized carbons (Fsp3) is 0.571. The first kappa shape index (κ1) is 17.7. The van der Waals surface area contributed by atoms with E-state index in [0.717, 1.165) is 21.1 Å². The fourth-order valence-corrected chi connectivity index (χ4v) is 3.56. The number of thiophene rings is 1. The molecular formula is C14H17F3N2O3S. The lowest BCUT2D eigenvalue weighted by molar-refractivity contribution is -0.181. The third-order valence-electron chi connectivity index (χ3n) is 3.80. The zero-order chi connectivity index (χ0) is 17.2. The molecule has 2 heterocycles. The monoisotopic (exact) mass is 350 g/mol. The highest BCUT2D eigenvalue weighted by molar-refractivity contribution is 7.14. The van der Waals surface area contributed by atoms with Gasteiger partial charge in [0.25, 0.3) is 5.91 Å². The van der Waals surface area contributed by atoms with E-state index in [-0.39, 0.29) is 25.4 Å². The lowest BCUT2D eigenvalue weighted by atomic mass is 10.0. The third-order valence-corrected chi connectivity index (χ3v) is 4.87. The van der Waals surface area contributed by atoms with E-state index in [1.807, 2.05) is 0 Å². The van der Waals surface area contributed by atoms with Crippen LogP contribution in [-0.4, -0.2) is 47.2 Å². The number of alkyl halides is 3. The molecule has 9 heteroatoms. The van der Waals surface area contributed by atoms with Crippen LogP contribution in [0.5, 0.6) is 0 Å². The van der Waals surface area contributed by atoms with E-state index in [2.05, 4.69) is 5.32 Å². The van der Waals surface area contributed by atoms with Crippen molar-refractivity contribution < 1.29 is 27.9 Å². The minimum absolute atomic E-state index is 0.0346. The predicted molar refractivity (Wildman–Crippen MR) is 77.9 cm³/mol. The standard InChI is InChI=1S/C14H17F3N2O3S/c1-8(21)18-6-9-2-3-12(23-9)13(22)19-5-4-10(11(19)7-20)14(15,16)17/h2-3,10-11,20H,4-7H2,1H3,(H,18,21). The van der Waals surface area contributed by atoms with Crippen molar-refractivity contribution >= 4 is 23.2 Å². The van der Waals surface area contributed by atoms with Crippen molar-refractivity contribution in [2.75, 3.05) is 13.2 Å². The number of hydrogen-bond acceptors (Lipinski definition) is 4.